The molecule has 1 heterocycles. The van der Waals surface area contributed by atoms with Crippen molar-refractivity contribution in [3.8, 4) is 5.75 Å². The summed E-state index contributed by atoms with van der Waals surface area (Å²) < 4.78 is 6.03. The average molecular weight is 289 g/mol. The largest absolute Gasteiger partial charge is 0.487 e. The van der Waals surface area contributed by atoms with Gasteiger partial charge in [0.15, 0.2) is 0 Å². The van der Waals surface area contributed by atoms with E-state index >= 15 is 0 Å². The van der Waals surface area contributed by atoms with E-state index in [4.69, 9.17) is 9.72 Å². The van der Waals surface area contributed by atoms with Crippen LogP contribution in [0.3, 0.4) is 0 Å². The summed E-state index contributed by atoms with van der Waals surface area (Å²) in [6, 6.07) is 18.8. The Kier molecular flexibility index (Phi) is 3.51. The molecular formula is C20H19NO. The number of hydrogen-bond donors (Lipinski definition) is 0. The number of ether oxygens (including phenoxy) is 1. The van der Waals surface area contributed by atoms with Crippen molar-refractivity contribution < 1.29 is 4.74 Å². The Morgan fingerprint density at radius 1 is 0.909 bits per heavy atom. The van der Waals surface area contributed by atoms with Crippen LogP contribution < -0.4 is 4.74 Å². The van der Waals surface area contributed by atoms with E-state index in [9.17, 15) is 0 Å². The molecule has 0 radical (unpaired) electrons. The van der Waals surface area contributed by atoms with E-state index in [1.54, 1.807) is 0 Å². The summed E-state index contributed by atoms with van der Waals surface area (Å²) in [7, 11) is 0. The third-order valence-corrected chi connectivity index (χ3v) is 4.32. The van der Waals surface area contributed by atoms with Gasteiger partial charge in [-0.1, -0.05) is 42.5 Å². The quantitative estimate of drug-likeness (QED) is 0.697. The van der Waals surface area contributed by atoms with Crippen LogP contribution in [-0.4, -0.2) is 4.98 Å². The molecule has 4 rings (SSSR count). The number of benzene rings is 2. The van der Waals surface area contributed by atoms with Crippen molar-refractivity contribution in [3.63, 3.8) is 0 Å². The van der Waals surface area contributed by atoms with Gasteiger partial charge in [-0.2, -0.15) is 0 Å². The molecule has 0 amide bonds. The molecule has 2 heteroatoms. The second kappa shape index (κ2) is 5.80. The zero-order valence-electron chi connectivity index (χ0n) is 12.6. The van der Waals surface area contributed by atoms with Gasteiger partial charge in [0.05, 0.1) is 0 Å². The molecule has 1 aliphatic rings. The molecule has 0 unspecified atom stereocenters. The van der Waals surface area contributed by atoms with Crippen LogP contribution in [0.1, 0.15) is 29.7 Å². The summed E-state index contributed by atoms with van der Waals surface area (Å²) >= 11 is 0. The van der Waals surface area contributed by atoms with Crippen LogP contribution in [0.4, 0.5) is 0 Å². The first-order chi connectivity index (χ1) is 10.9. The van der Waals surface area contributed by atoms with Gasteiger partial charge in [0.2, 0.25) is 0 Å². The van der Waals surface area contributed by atoms with E-state index < -0.39 is 0 Å². The minimum Gasteiger partial charge on any atom is -0.487 e. The number of nitrogens with zero attached hydrogens (tertiary/aromatic N) is 1. The van der Waals surface area contributed by atoms with Crippen molar-refractivity contribution in [3.05, 3.63) is 71.4 Å². The van der Waals surface area contributed by atoms with Gasteiger partial charge in [0, 0.05) is 11.1 Å². The number of para-hydroxylation sites is 1. The Labute approximate surface area is 130 Å². The Morgan fingerprint density at radius 2 is 1.77 bits per heavy atom. The predicted molar refractivity (Wildman–Crippen MR) is 89.2 cm³/mol. The van der Waals surface area contributed by atoms with Gasteiger partial charge in [0.25, 0.3) is 0 Å². The van der Waals surface area contributed by atoms with Crippen LogP contribution in [0.15, 0.2) is 54.6 Å². The molecule has 0 fully saturated rings. The molecule has 2 nitrogen and oxygen atoms in total. The molecule has 3 aromatic rings. The van der Waals surface area contributed by atoms with Gasteiger partial charge in [-0.15, -0.1) is 0 Å². The molecule has 0 bridgehead atoms. The van der Waals surface area contributed by atoms with E-state index in [1.807, 2.05) is 24.3 Å². The molecule has 0 saturated heterocycles. The summed E-state index contributed by atoms with van der Waals surface area (Å²) in [6.07, 6.45) is 4.79. The normalized spacial score (nSPS) is 13.8. The van der Waals surface area contributed by atoms with E-state index in [0.29, 0.717) is 6.61 Å². The maximum atomic E-state index is 6.03. The maximum Gasteiger partial charge on any atom is 0.146 e. The number of rotatable bonds is 3. The molecular weight excluding hydrogens is 270 g/mol. The minimum absolute atomic E-state index is 0.582. The Bertz CT molecular complexity index is 795. The summed E-state index contributed by atoms with van der Waals surface area (Å²) in [6.45, 7) is 0.582. The molecule has 0 spiro atoms. The third-order valence-electron chi connectivity index (χ3n) is 4.32. The van der Waals surface area contributed by atoms with E-state index in [0.717, 1.165) is 24.1 Å². The van der Waals surface area contributed by atoms with E-state index in [1.165, 1.54) is 35.0 Å². The van der Waals surface area contributed by atoms with Crippen LogP contribution in [0.2, 0.25) is 0 Å². The van der Waals surface area contributed by atoms with Crippen molar-refractivity contribution >= 4 is 10.9 Å². The van der Waals surface area contributed by atoms with Gasteiger partial charge >= 0.3 is 0 Å². The second-order valence-electron chi connectivity index (χ2n) is 5.90. The minimum atomic E-state index is 0.582. The fraction of sp³-hybridized carbons (Fsp3) is 0.250. The molecule has 0 aliphatic heterocycles. The molecule has 22 heavy (non-hydrogen) atoms. The van der Waals surface area contributed by atoms with Crippen LogP contribution in [-0.2, 0) is 19.4 Å². The van der Waals surface area contributed by atoms with Crippen LogP contribution >= 0.6 is 0 Å². The molecule has 0 saturated carbocycles. The molecule has 1 aromatic heterocycles. The lowest BCUT2D eigenvalue weighted by Crippen LogP contribution is -2.06. The monoisotopic (exact) mass is 289 g/mol. The Hall–Kier alpha value is -2.35. The SMILES string of the molecule is c1ccc(COc2cccc3cc4c(nc23)CCCC4)cc1. The Balaban J connectivity index is 1.68. The van der Waals surface area contributed by atoms with Gasteiger partial charge in [-0.25, -0.2) is 4.98 Å². The zero-order valence-corrected chi connectivity index (χ0v) is 12.6. The molecule has 1 aliphatic carbocycles. The number of hydrogen-bond acceptors (Lipinski definition) is 2. The predicted octanol–water partition coefficient (Wildman–Crippen LogP) is 4.69. The second-order valence-corrected chi connectivity index (χ2v) is 5.90. The maximum absolute atomic E-state index is 6.03. The van der Waals surface area contributed by atoms with Crippen molar-refractivity contribution in [1.82, 2.24) is 4.98 Å². The summed E-state index contributed by atoms with van der Waals surface area (Å²) in [5.74, 6) is 0.884. The Morgan fingerprint density at radius 3 is 2.68 bits per heavy atom. The van der Waals surface area contributed by atoms with Gasteiger partial charge in [0.1, 0.15) is 17.9 Å². The first-order valence-corrected chi connectivity index (χ1v) is 7.98. The zero-order chi connectivity index (χ0) is 14.8. The number of pyridine rings is 1. The highest BCUT2D eigenvalue weighted by molar-refractivity contribution is 5.85. The number of aryl methyl sites for hydroxylation is 2. The average Bonchev–Trinajstić information content (AvgIpc) is 2.59. The topological polar surface area (TPSA) is 22.1 Å². The first kappa shape index (κ1) is 13.3. The lowest BCUT2D eigenvalue weighted by Gasteiger charge is -2.17. The van der Waals surface area contributed by atoms with Crippen molar-refractivity contribution in [2.24, 2.45) is 0 Å². The highest BCUT2D eigenvalue weighted by Gasteiger charge is 2.13. The fourth-order valence-corrected chi connectivity index (χ4v) is 3.15. The van der Waals surface area contributed by atoms with Crippen LogP contribution in [0.5, 0.6) is 5.75 Å². The van der Waals surface area contributed by atoms with E-state index in [-0.39, 0.29) is 0 Å². The standard InChI is InChI=1S/C20H19NO/c1-2-7-15(8-3-1)14-22-19-12-6-10-17-13-16-9-4-5-11-18(16)21-20(17)19/h1-3,6-8,10,12-13H,4-5,9,11,14H2. The summed E-state index contributed by atoms with van der Waals surface area (Å²) in [5.41, 5.74) is 4.85. The van der Waals surface area contributed by atoms with Crippen LogP contribution in [0, 0.1) is 0 Å². The molecule has 110 valence electrons. The van der Waals surface area contributed by atoms with Crippen molar-refractivity contribution in [2.75, 3.05) is 0 Å². The van der Waals surface area contributed by atoms with Crippen molar-refractivity contribution in [1.29, 1.82) is 0 Å². The molecule has 0 N–H and O–H groups in total. The van der Waals surface area contributed by atoms with Gasteiger partial charge in [-0.05, 0) is 48.9 Å². The molecule has 0 atom stereocenters. The van der Waals surface area contributed by atoms with Crippen molar-refractivity contribution in [2.45, 2.75) is 32.3 Å². The third kappa shape index (κ3) is 2.57. The number of fused-ring (bicyclic) bond motifs is 2. The fourth-order valence-electron chi connectivity index (χ4n) is 3.15. The summed E-state index contributed by atoms with van der Waals surface area (Å²) in [5, 5.41) is 1.19. The van der Waals surface area contributed by atoms with Gasteiger partial charge in [-0.3, -0.25) is 0 Å². The number of aromatic nitrogens is 1. The molecule has 2 aromatic carbocycles. The lowest BCUT2D eigenvalue weighted by atomic mass is 9.95. The highest BCUT2D eigenvalue weighted by atomic mass is 16.5. The lowest BCUT2D eigenvalue weighted by molar-refractivity contribution is 0.309. The first-order valence-electron chi connectivity index (χ1n) is 7.98. The highest BCUT2D eigenvalue weighted by Crippen LogP contribution is 2.29. The van der Waals surface area contributed by atoms with Crippen LogP contribution in [0.25, 0.3) is 10.9 Å². The van der Waals surface area contributed by atoms with Gasteiger partial charge < -0.3 is 4.74 Å². The smallest absolute Gasteiger partial charge is 0.146 e. The summed E-state index contributed by atoms with van der Waals surface area (Å²) in [4.78, 5) is 4.90. The van der Waals surface area contributed by atoms with E-state index in [2.05, 4.69) is 30.3 Å².